The molecule has 0 radical (unpaired) electrons. The van der Waals surface area contributed by atoms with Crippen LogP contribution < -0.4 is 5.32 Å². The normalized spacial score (nSPS) is 20.8. The predicted octanol–water partition coefficient (Wildman–Crippen LogP) is 5.33. The Hall–Kier alpha value is -2.61. The summed E-state index contributed by atoms with van der Waals surface area (Å²) >= 11 is 13.4. The second-order valence-electron chi connectivity index (χ2n) is 8.96. The van der Waals surface area contributed by atoms with E-state index < -0.39 is 0 Å². The topological polar surface area (TPSA) is 82.5 Å². The van der Waals surface area contributed by atoms with Crippen molar-refractivity contribution in [2.75, 3.05) is 13.1 Å². The monoisotopic (exact) mass is 515 g/mol. The summed E-state index contributed by atoms with van der Waals surface area (Å²) < 4.78 is 0. The molecule has 3 atom stereocenters. The first-order valence-corrected chi connectivity index (χ1v) is 12.6. The van der Waals surface area contributed by atoms with Crippen molar-refractivity contribution in [2.45, 2.75) is 26.3 Å². The summed E-state index contributed by atoms with van der Waals surface area (Å²) in [5.41, 5.74) is 2.85. The van der Waals surface area contributed by atoms with Crippen molar-refractivity contribution < 1.29 is 14.7 Å². The molecule has 1 saturated carbocycles. The van der Waals surface area contributed by atoms with Crippen LogP contribution in [0.15, 0.2) is 36.4 Å². The highest BCUT2D eigenvalue weighted by atomic mass is 35.5. The van der Waals surface area contributed by atoms with E-state index in [1.165, 1.54) is 23.5 Å². The number of rotatable bonds is 5. The number of carbonyl (C=O) groups is 2. The highest BCUT2D eigenvalue weighted by Crippen LogP contribution is 2.50. The lowest BCUT2D eigenvalue weighted by atomic mass is 10.1. The number of aromatic hydroxyl groups is 1. The Balaban J connectivity index is 1.35. The molecule has 1 aliphatic heterocycles. The molecule has 3 aromatic rings. The van der Waals surface area contributed by atoms with Crippen molar-refractivity contribution in [3.63, 3.8) is 0 Å². The molecule has 2 N–H and O–H groups in total. The SMILES string of the molecule is Cc1cccc(-c2sc(C)nc2C(=O)N2CC3CC3C2CNC(=O)c2cc(Cl)c(O)c(Cl)c2)c1. The average molecular weight is 516 g/mol. The second-order valence-corrected chi connectivity index (χ2v) is 11.0. The van der Waals surface area contributed by atoms with E-state index in [2.05, 4.69) is 16.4 Å². The molecule has 1 saturated heterocycles. The maximum atomic E-state index is 13.7. The zero-order valence-electron chi connectivity index (χ0n) is 18.6. The molecular weight excluding hydrogens is 493 g/mol. The van der Waals surface area contributed by atoms with Crippen molar-refractivity contribution in [1.82, 2.24) is 15.2 Å². The lowest BCUT2D eigenvalue weighted by Gasteiger charge is -2.27. The second kappa shape index (κ2) is 8.87. The number of benzene rings is 2. The Morgan fingerprint density at radius 2 is 1.94 bits per heavy atom. The van der Waals surface area contributed by atoms with Crippen molar-refractivity contribution in [3.8, 4) is 16.2 Å². The number of thiazole rings is 1. The number of nitrogens with one attached hydrogen (secondary N) is 1. The standard InChI is InChI=1S/C25H23Cl2N3O3S/c1-12-4-3-5-14(6-12)23-21(29-13(2)34-23)25(33)30-11-16-7-17(16)20(30)10-28-24(32)15-8-18(26)22(31)19(27)9-15/h3-6,8-9,16-17,20,31H,7,10-11H2,1-2H3,(H,28,32). The molecule has 3 unspecified atom stereocenters. The number of aryl methyl sites for hydroxylation is 2. The highest BCUT2D eigenvalue weighted by Gasteiger charge is 2.54. The zero-order valence-corrected chi connectivity index (χ0v) is 21.0. The fourth-order valence-electron chi connectivity index (χ4n) is 4.75. The van der Waals surface area contributed by atoms with Crippen LogP contribution in [0.2, 0.25) is 10.0 Å². The van der Waals surface area contributed by atoms with E-state index in [1.807, 2.05) is 36.9 Å². The molecule has 1 aliphatic carbocycles. The van der Waals surface area contributed by atoms with Gasteiger partial charge in [-0.2, -0.15) is 0 Å². The minimum atomic E-state index is -0.356. The van der Waals surface area contributed by atoms with Crippen LogP contribution in [-0.4, -0.2) is 45.9 Å². The summed E-state index contributed by atoms with van der Waals surface area (Å²) in [7, 11) is 0. The Morgan fingerprint density at radius 1 is 1.21 bits per heavy atom. The summed E-state index contributed by atoms with van der Waals surface area (Å²) in [5, 5.41) is 13.5. The number of hydrogen-bond donors (Lipinski definition) is 2. The van der Waals surface area contributed by atoms with E-state index in [9.17, 15) is 14.7 Å². The van der Waals surface area contributed by atoms with E-state index in [4.69, 9.17) is 23.2 Å². The molecule has 5 rings (SSSR count). The number of piperidine rings is 1. The van der Waals surface area contributed by atoms with E-state index in [-0.39, 0.29) is 39.2 Å². The first-order chi connectivity index (χ1) is 16.2. The van der Waals surface area contributed by atoms with Gasteiger partial charge in [-0.15, -0.1) is 11.3 Å². The third-order valence-electron chi connectivity index (χ3n) is 6.53. The number of phenolic OH excluding ortho intramolecular Hbond substituents is 1. The lowest BCUT2D eigenvalue weighted by Crippen LogP contribution is -2.45. The third-order valence-corrected chi connectivity index (χ3v) is 8.13. The summed E-state index contributed by atoms with van der Waals surface area (Å²) in [6.07, 6.45) is 1.06. The van der Waals surface area contributed by atoms with Crippen molar-refractivity contribution >= 4 is 46.4 Å². The number of amides is 2. The Bertz CT molecular complexity index is 1290. The first-order valence-electron chi connectivity index (χ1n) is 11.0. The first kappa shape index (κ1) is 23.1. The summed E-state index contributed by atoms with van der Waals surface area (Å²) in [6.45, 7) is 4.93. The minimum Gasteiger partial charge on any atom is -0.505 e. The minimum absolute atomic E-state index is 0.0140. The van der Waals surface area contributed by atoms with Gasteiger partial charge in [-0.1, -0.05) is 53.0 Å². The van der Waals surface area contributed by atoms with E-state index in [0.29, 0.717) is 30.6 Å². The van der Waals surface area contributed by atoms with Gasteiger partial charge in [-0.05, 0) is 49.8 Å². The van der Waals surface area contributed by atoms with Crippen molar-refractivity contribution in [1.29, 1.82) is 0 Å². The van der Waals surface area contributed by atoms with Gasteiger partial charge >= 0.3 is 0 Å². The molecule has 0 spiro atoms. The van der Waals surface area contributed by atoms with Gasteiger partial charge in [0.25, 0.3) is 11.8 Å². The lowest BCUT2D eigenvalue weighted by molar-refractivity contribution is 0.0690. The number of nitrogens with zero attached hydrogens (tertiary/aromatic N) is 2. The van der Waals surface area contributed by atoms with Crippen LogP contribution in [0, 0.1) is 25.7 Å². The molecule has 2 heterocycles. The van der Waals surface area contributed by atoms with Gasteiger partial charge in [0.1, 0.15) is 5.69 Å². The molecule has 34 heavy (non-hydrogen) atoms. The van der Waals surface area contributed by atoms with E-state index in [1.54, 1.807) is 0 Å². The summed E-state index contributed by atoms with van der Waals surface area (Å²) in [5.74, 6) is 0.133. The van der Waals surface area contributed by atoms with Gasteiger partial charge in [0.15, 0.2) is 5.75 Å². The van der Waals surface area contributed by atoms with Crippen molar-refractivity contribution in [3.05, 3.63) is 68.3 Å². The highest BCUT2D eigenvalue weighted by molar-refractivity contribution is 7.15. The number of fused-ring (bicyclic) bond motifs is 1. The van der Waals surface area contributed by atoms with Gasteiger partial charge in [-0.3, -0.25) is 9.59 Å². The number of phenols is 1. The number of hydrogen-bond acceptors (Lipinski definition) is 5. The summed E-state index contributed by atoms with van der Waals surface area (Å²) in [4.78, 5) is 33.7. The predicted molar refractivity (Wildman–Crippen MR) is 134 cm³/mol. The molecule has 2 amide bonds. The van der Waals surface area contributed by atoms with Crippen LogP contribution in [0.3, 0.4) is 0 Å². The largest absolute Gasteiger partial charge is 0.505 e. The Kier molecular flexibility index (Phi) is 6.04. The number of aromatic nitrogens is 1. The van der Waals surface area contributed by atoms with Gasteiger partial charge < -0.3 is 15.3 Å². The summed E-state index contributed by atoms with van der Waals surface area (Å²) in [6, 6.07) is 10.7. The molecular formula is C25H23Cl2N3O3S. The molecule has 2 fully saturated rings. The zero-order chi connectivity index (χ0) is 24.1. The van der Waals surface area contributed by atoms with Gasteiger partial charge in [0, 0.05) is 18.7 Å². The number of likely N-dealkylation sites (tertiary alicyclic amines) is 1. The van der Waals surface area contributed by atoms with Crippen LogP contribution in [0.4, 0.5) is 0 Å². The third kappa shape index (κ3) is 4.28. The number of halogens is 2. The maximum Gasteiger partial charge on any atom is 0.274 e. The van der Waals surface area contributed by atoms with Crippen LogP contribution in [-0.2, 0) is 0 Å². The molecule has 6 nitrogen and oxygen atoms in total. The number of carbonyl (C=O) groups excluding carboxylic acids is 2. The molecule has 2 aliphatic rings. The average Bonchev–Trinajstić information content (AvgIpc) is 3.31. The van der Waals surface area contributed by atoms with E-state index in [0.717, 1.165) is 27.4 Å². The molecule has 1 aromatic heterocycles. The molecule has 9 heteroatoms. The van der Waals surface area contributed by atoms with Crippen LogP contribution in [0.5, 0.6) is 5.75 Å². The smallest absolute Gasteiger partial charge is 0.274 e. The van der Waals surface area contributed by atoms with Crippen molar-refractivity contribution in [2.24, 2.45) is 11.8 Å². The van der Waals surface area contributed by atoms with Gasteiger partial charge in [-0.25, -0.2) is 4.98 Å². The van der Waals surface area contributed by atoms with Crippen LogP contribution >= 0.6 is 34.5 Å². The maximum absolute atomic E-state index is 13.7. The fourth-order valence-corrected chi connectivity index (χ4v) is 6.15. The fraction of sp³-hybridized carbons (Fsp3) is 0.320. The quantitative estimate of drug-likeness (QED) is 0.480. The van der Waals surface area contributed by atoms with Crippen LogP contribution in [0.25, 0.3) is 10.4 Å². The Morgan fingerprint density at radius 3 is 2.65 bits per heavy atom. The van der Waals surface area contributed by atoms with Gasteiger partial charge in [0.05, 0.1) is 26.0 Å². The molecule has 176 valence electrons. The van der Waals surface area contributed by atoms with Crippen LogP contribution in [0.1, 0.15) is 37.8 Å². The van der Waals surface area contributed by atoms with Gasteiger partial charge in [0.2, 0.25) is 0 Å². The molecule has 0 bridgehead atoms. The molecule has 2 aromatic carbocycles. The Labute approximate surface area is 211 Å². The van der Waals surface area contributed by atoms with E-state index >= 15 is 0 Å².